The van der Waals surface area contributed by atoms with Crippen molar-refractivity contribution in [3.8, 4) is 5.75 Å². The van der Waals surface area contributed by atoms with Crippen LogP contribution in [0.2, 0.25) is 24.7 Å². The largest absolute Gasteiger partial charge is 0.468 e. The van der Waals surface area contributed by atoms with Gasteiger partial charge in [-0.1, -0.05) is 37.3 Å². The molecule has 0 spiro atoms. The first kappa shape index (κ1) is 12.6. The molecule has 0 saturated heterocycles. The van der Waals surface area contributed by atoms with Gasteiger partial charge in [0.05, 0.1) is 8.07 Å². The van der Waals surface area contributed by atoms with Gasteiger partial charge in [-0.05, 0) is 17.3 Å². The van der Waals surface area contributed by atoms with E-state index in [4.69, 9.17) is 21.1 Å². The van der Waals surface area contributed by atoms with Crippen molar-refractivity contribution < 1.29 is 9.47 Å². The SMILES string of the molecule is COCOc1ccc([Si](C)(C)C)c(Cl)c1. The Balaban J connectivity index is 2.89. The maximum absolute atomic E-state index is 6.21. The van der Waals surface area contributed by atoms with Gasteiger partial charge in [0.15, 0.2) is 6.79 Å². The van der Waals surface area contributed by atoms with Gasteiger partial charge in [-0.25, -0.2) is 0 Å². The fraction of sp³-hybridized carbons (Fsp3) is 0.455. The summed E-state index contributed by atoms with van der Waals surface area (Å²) in [6.45, 7) is 7.06. The van der Waals surface area contributed by atoms with Crippen molar-refractivity contribution in [2.24, 2.45) is 0 Å². The van der Waals surface area contributed by atoms with Crippen LogP contribution in [0, 0.1) is 0 Å². The van der Waals surface area contributed by atoms with Crippen molar-refractivity contribution in [1.29, 1.82) is 0 Å². The van der Waals surface area contributed by atoms with Crippen LogP contribution in [-0.4, -0.2) is 22.0 Å². The van der Waals surface area contributed by atoms with Crippen molar-refractivity contribution in [2.75, 3.05) is 13.9 Å². The van der Waals surface area contributed by atoms with E-state index in [-0.39, 0.29) is 6.79 Å². The van der Waals surface area contributed by atoms with Crippen LogP contribution < -0.4 is 9.92 Å². The average Bonchev–Trinajstić information content (AvgIpc) is 2.12. The molecule has 0 aliphatic heterocycles. The number of halogens is 1. The lowest BCUT2D eigenvalue weighted by Crippen LogP contribution is -2.38. The Morgan fingerprint density at radius 3 is 2.40 bits per heavy atom. The molecule has 1 aromatic carbocycles. The fourth-order valence-electron chi connectivity index (χ4n) is 1.32. The number of benzene rings is 1. The van der Waals surface area contributed by atoms with E-state index in [0.29, 0.717) is 0 Å². The standard InChI is InChI=1S/C11H17ClO2Si/c1-13-8-14-9-5-6-11(10(12)7-9)15(2,3)4/h5-7H,8H2,1-4H3. The van der Waals surface area contributed by atoms with E-state index in [1.807, 2.05) is 12.1 Å². The minimum absolute atomic E-state index is 0.253. The molecule has 84 valence electrons. The van der Waals surface area contributed by atoms with Crippen LogP contribution in [0.5, 0.6) is 5.75 Å². The van der Waals surface area contributed by atoms with Gasteiger partial charge in [0.2, 0.25) is 0 Å². The summed E-state index contributed by atoms with van der Waals surface area (Å²) in [5.74, 6) is 0.754. The molecule has 4 heteroatoms. The van der Waals surface area contributed by atoms with E-state index in [1.165, 1.54) is 5.19 Å². The lowest BCUT2D eigenvalue weighted by Gasteiger charge is -2.18. The first-order valence-electron chi connectivity index (χ1n) is 4.87. The molecule has 0 amide bonds. The van der Waals surface area contributed by atoms with Crippen LogP contribution in [-0.2, 0) is 4.74 Å². The highest BCUT2D eigenvalue weighted by atomic mass is 35.5. The van der Waals surface area contributed by atoms with Gasteiger partial charge in [0, 0.05) is 12.1 Å². The normalized spacial score (nSPS) is 11.5. The molecular formula is C11H17ClO2Si. The highest BCUT2D eigenvalue weighted by Crippen LogP contribution is 2.19. The van der Waals surface area contributed by atoms with Gasteiger partial charge in [-0.3, -0.25) is 0 Å². The minimum atomic E-state index is -1.35. The highest BCUT2D eigenvalue weighted by Gasteiger charge is 2.19. The van der Waals surface area contributed by atoms with Crippen LogP contribution in [0.25, 0.3) is 0 Å². The fourth-order valence-corrected chi connectivity index (χ4v) is 3.71. The summed E-state index contributed by atoms with van der Waals surface area (Å²) >= 11 is 6.21. The number of methoxy groups -OCH3 is 1. The lowest BCUT2D eigenvalue weighted by molar-refractivity contribution is 0.0511. The monoisotopic (exact) mass is 244 g/mol. The molecule has 0 aromatic heterocycles. The Morgan fingerprint density at radius 2 is 1.93 bits per heavy atom. The summed E-state index contributed by atoms with van der Waals surface area (Å²) in [6.07, 6.45) is 0. The van der Waals surface area contributed by atoms with Crippen LogP contribution in [0.3, 0.4) is 0 Å². The Morgan fingerprint density at radius 1 is 1.27 bits per heavy atom. The summed E-state index contributed by atoms with van der Waals surface area (Å²) < 4.78 is 10.1. The van der Waals surface area contributed by atoms with Crippen molar-refractivity contribution in [2.45, 2.75) is 19.6 Å². The van der Waals surface area contributed by atoms with Gasteiger partial charge < -0.3 is 9.47 Å². The number of rotatable bonds is 4. The number of hydrogen-bond acceptors (Lipinski definition) is 2. The first-order chi connectivity index (χ1) is 6.95. The molecule has 15 heavy (non-hydrogen) atoms. The van der Waals surface area contributed by atoms with Crippen LogP contribution >= 0.6 is 11.6 Å². The first-order valence-corrected chi connectivity index (χ1v) is 8.74. The maximum atomic E-state index is 6.21. The summed E-state index contributed by atoms with van der Waals surface area (Å²) in [6, 6.07) is 5.85. The molecular weight excluding hydrogens is 228 g/mol. The molecule has 1 rings (SSSR count). The van der Waals surface area contributed by atoms with Crippen molar-refractivity contribution in [3.63, 3.8) is 0 Å². The number of ether oxygens (including phenoxy) is 2. The molecule has 0 bridgehead atoms. The second-order valence-electron chi connectivity index (χ2n) is 4.44. The van der Waals surface area contributed by atoms with E-state index in [9.17, 15) is 0 Å². The van der Waals surface area contributed by atoms with Crippen molar-refractivity contribution in [1.82, 2.24) is 0 Å². The van der Waals surface area contributed by atoms with E-state index in [1.54, 1.807) is 7.11 Å². The van der Waals surface area contributed by atoms with Crippen molar-refractivity contribution in [3.05, 3.63) is 23.2 Å². The molecule has 0 radical (unpaired) electrons. The van der Waals surface area contributed by atoms with Gasteiger partial charge >= 0.3 is 0 Å². The Labute approximate surface area is 97.2 Å². The Bertz CT molecular complexity index is 334. The zero-order valence-corrected chi connectivity index (χ0v) is 11.4. The molecule has 0 saturated carbocycles. The Kier molecular flexibility index (Phi) is 4.19. The van der Waals surface area contributed by atoms with Crippen molar-refractivity contribution >= 4 is 24.9 Å². The average molecular weight is 245 g/mol. The third-order valence-corrected chi connectivity index (χ3v) is 4.62. The topological polar surface area (TPSA) is 18.5 Å². The second-order valence-corrected chi connectivity index (χ2v) is 9.89. The van der Waals surface area contributed by atoms with Crippen LogP contribution in [0.4, 0.5) is 0 Å². The van der Waals surface area contributed by atoms with Crippen LogP contribution in [0.1, 0.15) is 0 Å². The zero-order chi connectivity index (χ0) is 11.5. The number of hydrogen-bond donors (Lipinski definition) is 0. The second kappa shape index (κ2) is 5.01. The Hall–Kier alpha value is -0.513. The zero-order valence-electron chi connectivity index (χ0n) is 9.63. The van der Waals surface area contributed by atoms with E-state index >= 15 is 0 Å². The van der Waals surface area contributed by atoms with Gasteiger partial charge in [0.1, 0.15) is 5.75 Å². The molecule has 0 aliphatic carbocycles. The van der Waals surface area contributed by atoms with Crippen LogP contribution in [0.15, 0.2) is 18.2 Å². The van der Waals surface area contributed by atoms with Gasteiger partial charge in [-0.2, -0.15) is 0 Å². The molecule has 0 N–H and O–H groups in total. The molecule has 0 fully saturated rings. The van der Waals surface area contributed by atoms with E-state index in [2.05, 4.69) is 25.7 Å². The molecule has 1 aromatic rings. The third kappa shape index (κ3) is 3.52. The molecule has 2 nitrogen and oxygen atoms in total. The predicted molar refractivity (Wildman–Crippen MR) is 66.9 cm³/mol. The van der Waals surface area contributed by atoms with E-state index < -0.39 is 8.07 Å². The summed E-state index contributed by atoms with van der Waals surface area (Å²) in [7, 11) is 0.244. The molecule has 0 heterocycles. The maximum Gasteiger partial charge on any atom is 0.188 e. The molecule has 0 unspecified atom stereocenters. The summed E-state index contributed by atoms with van der Waals surface area (Å²) in [5, 5.41) is 2.05. The summed E-state index contributed by atoms with van der Waals surface area (Å²) in [5.41, 5.74) is 0. The quantitative estimate of drug-likeness (QED) is 0.599. The van der Waals surface area contributed by atoms with E-state index in [0.717, 1.165) is 10.8 Å². The third-order valence-electron chi connectivity index (χ3n) is 2.09. The van der Waals surface area contributed by atoms with Gasteiger partial charge in [-0.15, -0.1) is 0 Å². The van der Waals surface area contributed by atoms with Gasteiger partial charge in [0.25, 0.3) is 0 Å². The molecule has 0 aliphatic rings. The highest BCUT2D eigenvalue weighted by molar-refractivity contribution is 6.90. The predicted octanol–water partition coefficient (Wildman–Crippen LogP) is 2.87. The minimum Gasteiger partial charge on any atom is -0.468 e. The molecule has 0 atom stereocenters. The lowest BCUT2D eigenvalue weighted by atomic mass is 10.3. The summed E-state index contributed by atoms with van der Waals surface area (Å²) in [4.78, 5) is 0. The smallest absolute Gasteiger partial charge is 0.188 e.